The molecule has 1 aliphatic rings. The minimum Gasteiger partial charge on any atom is -0.456 e. The number of ether oxygens (including phenoxy) is 3. The van der Waals surface area contributed by atoms with Crippen LogP contribution in [0.1, 0.15) is 34.3 Å². The van der Waals surface area contributed by atoms with Gasteiger partial charge in [0.2, 0.25) is 6.79 Å². The number of Topliss-reactive ketones (excluding diaryl/α,β-unsaturated/α-hetero) is 1. The van der Waals surface area contributed by atoms with Crippen LogP contribution in [0.4, 0.5) is 5.69 Å². The van der Waals surface area contributed by atoms with E-state index < -0.39 is 18.5 Å². The van der Waals surface area contributed by atoms with Gasteiger partial charge in [-0.25, -0.2) is 0 Å². The van der Waals surface area contributed by atoms with Gasteiger partial charge in [-0.1, -0.05) is 17.7 Å². The molecule has 7 heteroatoms. The van der Waals surface area contributed by atoms with Crippen LogP contribution in [-0.2, 0) is 14.3 Å². The Morgan fingerprint density at radius 1 is 1.00 bits per heavy atom. The van der Waals surface area contributed by atoms with Crippen LogP contribution in [0.25, 0.3) is 0 Å². The molecule has 146 valence electrons. The monoisotopic (exact) mass is 383 g/mol. The van der Waals surface area contributed by atoms with E-state index in [4.69, 9.17) is 14.2 Å². The molecule has 0 saturated heterocycles. The Morgan fingerprint density at radius 3 is 2.61 bits per heavy atom. The summed E-state index contributed by atoms with van der Waals surface area (Å²) in [6, 6.07) is 10.6. The molecule has 0 bridgehead atoms. The molecule has 1 heterocycles. The average Bonchev–Trinajstić information content (AvgIpc) is 3.14. The van der Waals surface area contributed by atoms with Crippen LogP contribution in [0.15, 0.2) is 36.4 Å². The zero-order chi connectivity index (χ0) is 20.1. The topological polar surface area (TPSA) is 90.9 Å². The third kappa shape index (κ3) is 4.88. The molecule has 1 N–H and O–H groups in total. The molecule has 1 amide bonds. The maximum absolute atomic E-state index is 12.3. The molecule has 2 aromatic carbocycles. The molecule has 0 fully saturated rings. The maximum Gasteiger partial charge on any atom is 0.306 e. The average molecular weight is 383 g/mol. The van der Waals surface area contributed by atoms with E-state index in [2.05, 4.69) is 5.32 Å². The molecule has 0 aromatic heterocycles. The molecule has 0 saturated carbocycles. The summed E-state index contributed by atoms with van der Waals surface area (Å²) < 4.78 is 15.4. The Hall–Kier alpha value is -3.35. The number of aryl methyl sites for hydroxylation is 2. The third-order valence-electron chi connectivity index (χ3n) is 4.27. The van der Waals surface area contributed by atoms with E-state index >= 15 is 0 Å². The first-order valence-electron chi connectivity index (χ1n) is 8.88. The molecule has 3 rings (SSSR count). The molecule has 0 aliphatic carbocycles. The predicted molar refractivity (Wildman–Crippen MR) is 102 cm³/mol. The van der Waals surface area contributed by atoms with Gasteiger partial charge < -0.3 is 19.5 Å². The molecule has 0 spiro atoms. The lowest BCUT2D eigenvalue weighted by atomic mass is 9.99. The zero-order valence-corrected chi connectivity index (χ0v) is 15.7. The molecule has 7 nitrogen and oxygen atoms in total. The lowest BCUT2D eigenvalue weighted by Crippen LogP contribution is -2.21. The Balaban J connectivity index is 1.43. The van der Waals surface area contributed by atoms with Gasteiger partial charge in [-0.3, -0.25) is 14.4 Å². The Bertz CT molecular complexity index is 921. The van der Waals surface area contributed by atoms with Gasteiger partial charge in [0, 0.05) is 23.7 Å². The van der Waals surface area contributed by atoms with Crippen molar-refractivity contribution in [1.29, 1.82) is 0 Å². The number of nitrogens with one attached hydrogen (secondary N) is 1. The molecule has 0 radical (unpaired) electrons. The number of carbonyl (C=O) groups excluding carboxylic acids is 3. The minimum absolute atomic E-state index is 0.0346. The summed E-state index contributed by atoms with van der Waals surface area (Å²) in [5, 5.41) is 2.61. The number of hydrogen-bond acceptors (Lipinski definition) is 6. The number of carbonyl (C=O) groups is 3. The first-order chi connectivity index (χ1) is 13.4. The van der Waals surface area contributed by atoms with Crippen molar-refractivity contribution >= 4 is 23.3 Å². The van der Waals surface area contributed by atoms with Crippen molar-refractivity contribution < 1.29 is 28.6 Å². The fourth-order valence-corrected chi connectivity index (χ4v) is 2.78. The van der Waals surface area contributed by atoms with Gasteiger partial charge in [0.1, 0.15) is 0 Å². The molecular formula is C21H21NO6. The first kappa shape index (κ1) is 19.4. The van der Waals surface area contributed by atoms with E-state index in [0.29, 0.717) is 22.7 Å². The van der Waals surface area contributed by atoms with Gasteiger partial charge in [-0.2, -0.15) is 0 Å². The second-order valence-electron chi connectivity index (χ2n) is 6.52. The molecule has 0 unspecified atom stereocenters. The van der Waals surface area contributed by atoms with E-state index in [1.807, 2.05) is 32.0 Å². The Morgan fingerprint density at radius 2 is 1.79 bits per heavy atom. The van der Waals surface area contributed by atoms with Crippen LogP contribution >= 0.6 is 0 Å². The van der Waals surface area contributed by atoms with Crippen molar-refractivity contribution in [2.45, 2.75) is 26.7 Å². The van der Waals surface area contributed by atoms with Crippen LogP contribution in [-0.4, -0.2) is 31.1 Å². The number of benzene rings is 2. The Labute approximate surface area is 162 Å². The van der Waals surface area contributed by atoms with E-state index in [0.717, 1.165) is 11.1 Å². The predicted octanol–water partition coefficient (Wildman–Crippen LogP) is 3.18. The van der Waals surface area contributed by atoms with Crippen molar-refractivity contribution in [1.82, 2.24) is 0 Å². The highest BCUT2D eigenvalue weighted by Gasteiger charge is 2.16. The summed E-state index contributed by atoms with van der Waals surface area (Å²) in [6.07, 6.45) is -0.0452. The number of ketones is 1. The van der Waals surface area contributed by atoms with Crippen molar-refractivity contribution in [3.8, 4) is 11.5 Å². The Kier molecular flexibility index (Phi) is 5.93. The summed E-state index contributed by atoms with van der Waals surface area (Å²) in [4.78, 5) is 36.1. The quantitative estimate of drug-likeness (QED) is 0.583. The second kappa shape index (κ2) is 8.56. The van der Waals surface area contributed by atoms with Gasteiger partial charge >= 0.3 is 5.97 Å². The van der Waals surface area contributed by atoms with Gasteiger partial charge in [-0.15, -0.1) is 0 Å². The van der Waals surface area contributed by atoms with Crippen molar-refractivity contribution in [3.63, 3.8) is 0 Å². The van der Waals surface area contributed by atoms with Gasteiger partial charge in [0.25, 0.3) is 5.91 Å². The highest BCUT2D eigenvalue weighted by Crippen LogP contribution is 2.34. The lowest BCUT2D eigenvalue weighted by Gasteiger charge is -2.08. The summed E-state index contributed by atoms with van der Waals surface area (Å²) in [7, 11) is 0. The van der Waals surface area contributed by atoms with Crippen LogP contribution in [0.3, 0.4) is 0 Å². The number of hydrogen-bond donors (Lipinski definition) is 1. The van der Waals surface area contributed by atoms with E-state index in [1.165, 1.54) is 0 Å². The second-order valence-corrected chi connectivity index (χ2v) is 6.52. The number of esters is 1. The molecule has 1 aliphatic heterocycles. The van der Waals surface area contributed by atoms with Crippen LogP contribution in [0, 0.1) is 13.8 Å². The number of amides is 1. The highest BCUT2D eigenvalue weighted by atomic mass is 16.7. The number of anilines is 1. The minimum atomic E-state index is -0.598. The standard InChI is InChI=1S/C21H21NO6/c1-13-3-4-14(2)16(9-13)17(23)6-8-21(25)26-11-20(24)22-15-5-7-18-19(10-15)28-12-27-18/h3-5,7,9-10H,6,8,11-12H2,1-2H3,(H,22,24). The summed E-state index contributed by atoms with van der Waals surface area (Å²) in [5.74, 6) is -0.0479. The maximum atomic E-state index is 12.3. The molecule has 28 heavy (non-hydrogen) atoms. The first-order valence-corrected chi connectivity index (χ1v) is 8.88. The van der Waals surface area contributed by atoms with E-state index in [1.54, 1.807) is 18.2 Å². The van der Waals surface area contributed by atoms with Crippen LogP contribution in [0.2, 0.25) is 0 Å². The highest BCUT2D eigenvalue weighted by molar-refractivity contribution is 5.99. The van der Waals surface area contributed by atoms with E-state index in [9.17, 15) is 14.4 Å². The molecule has 2 aromatic rings. The SMILES string of the molecule is Cc1ccc(C)c(C(=O)CCC(=O)OCC(=O)Nc2ccc3c(c2)OCO3)c1. The fraction of sp³-hybridized carbons (Fsp3) is 0.286. The van der Waals surface area contributed by atoms with Gasteiger partial charge in [0.15, 0.2) is 23.9 Å². The van der Waals surface area contributed by atoms with Crippen molar-refractivity contribution in [2.75, 3.05) is 18.7 Å². The van der Waals surface area contributed by atoms with Crippen LogP contribution < -0.4 is 14.8 Å². The van der Waals surface area contributed by atoms with E-state index in [-0.39, 0.29) is 25.4 Å². The lowest BCUT2D eigenvalue weighted by molar-refractivity contribution is -0.147. The van der Waals surface area contributed by atoms with Gasteiger partial charge in [-0.05, 0) is 37.6 Å². The van der Waals surface area contributed by atoms with Crippen LogP contribution in [0.5, 0.6) is 11.5 Å². The van der Waals surface area contributed by atoms with Gasteiger partial charge in [0.05, 0.1) is 6.42 Å². The third-order valence-corrected chi connectivity index (χ3v) is 4.27. The summed E-state index contributed by atoms with van der Waals surface area (Å²) >= 11 is 0. The summed E-state index contributed by atoms with van der Waals surface area (Å²) in [5.41, 5.74) is 2.97. The summed E-state index contributed by atoms with van der Waals surface area (Å²) in [6.45, 7) is 3.48. The molecular weight excluding hydrogens is 362 g/mol. The van der Waals surface area contributed by atoms with Crippen molar-refractivity contribution in [2.24, 2.45) is 0 Å². The number of rotatable bonds is 7. The zero-order valence-electron chi connectivity index (χ0n) is 15.7. The largest absolute Gasteiger partial charge is 0.456 e. The number of fused-ring (bicyclic) bond motifs is 1. The smallest absolute Gasteiger partial charge is 0.306 e. The normalized spacial score (nSPS) is 11.8. The molecule has 0 atom stereocenters. The van der Waals surface area contributed by atoms with Crippen molar-refractivity contribution in [3.05, 3.63) is 53.1 Å². The fourth-order valence-electron chi connectivity index (χ4n) is 2.78.